The Morgan fingerprint density at radius 3 is 2.78 bits per heavy atom. The highest BCUT2D eigenvalue weighted by Gasteiger charge is 2.06. The van der Waals surface area contributed by atoms with Crippen LogP contribution in [0.2, 0.25) is 0 Å². The Hall–Kier alpha value is -2.17. The Kier molecular flexibility index (Phi) is 3.41. The molecule has 2 aromatic rings. The van der Waals surface area contributed by atoms with Crippen molar-refractivity contribution < 1.29 is 9.90 Å². The number of nitrogens with zero attached hydrogens (tertiary/aromatic N) is 3. The van der Waals surface area contributed by atoms with E-state index < -0.39 is 5.97 Å². The lowest BCUT2D eigenvalue weighted by molar-refractivity contribution is -0.136. The third kappa shape index (κ3) is 2.74. The van der Waals surface area contributed by atoms with Crippen LogP contribution >= 0.6 is 0 Å². The Morgan fingerprint density at radius 1 is 1.39 bits per heavy atom. The van der Waals surface area contributed by atoms with Crippen LogP contribution in [0.4, 0.5) is 0 Å². The summed E-state index contributed by atoms with van der Waals surface area (Å²) < 4.78 is 1.72. The van der Waals surface area contributed by atoms with Crippen LogP contribution in [-0.4, -0.2) is 25.8 Å². The van der Waals surface area contributed by atoms with Crippen molar-refractivity contribution in [2.24, 2.45) is 0 Å². The van der Waals surface area contributed by atoms with Crippen molar-refractivity contribution in [2.45, 2.75) is 26.7 Å². The fourth-order valence-electron chi connectivity index (χ4n) is 1.77. The molecule has 0 aliphatic heterocycles. The van der Waals surface area contributed by atoms with E-state index in [9.17, 15) is 4.79 Å². The van der Waals surface area contributed by atoms with Gasteiger partial charge in [-0.05, 0) is 37.5 Å². The summed E-state index contributed by atoms with van der Waals surface area (Å²) in [6.07, 6.45) is 2.33. The molecule has 1 aromatic carbocycles. The van der Waals surface area contributed by atoms with E-state index in [0.717, 1.165) is 16.8 Å². The monoisotopic (exact) mass is 245 g/mol. The molecule has 1 N–H and O–H groups in total. The summed E-state index contributed by atoms with van der Waals surface area (Å²) in [5.74, 6) is -0.0703. The smallest absolute Gasteiger partial charge is 0.303 e. The first-order valence-corrected chi connectivity index (χ1v) is 5.76. The van der Waals surface area contributed by atoms with Crippen molar-refractivity contribution >= 4 is 5.97 Å². The molecule has 0 saturated heterocycles. The molecular weight excluding hydrogens is 230 g/mol. The molecule has 0 amide bonds. The van der Waals surface area contributed by atoms with Gasteiger partial charge >= 0.3 is 5.97 Å². The van der Waals surface area contributed by atoms with E-state index in [1.165, 1.54) is 0 Å². The lowest BCUT2D eigenvalue weighted by Gasteiger charge is -2.07. The maximum absolute atomic E-state index is 10.6. The van der Waals surface area contributed by atoms with Crippen LogP contribution in [0.3, 0.4) is 0 Å². The minimum absolute atomic E-state index is 0.138. The fraction of sp³-hybridized carbons (Fsp3) is 0.308. The van der Waals surface area contributed by atoms with Crippen LogP contribution in [0.1, 0.15) is 23.4 Å². The zero-order chi connectivity index (χ0) is 13.1. The molecule has 0 atom stereocenters. The SMILES string of the molecule is Cc1ncn(-c2cc(CCC(=O)O)ccc2C)n1. The van der Waals surface area contributed by atoms with Crippen molar-refractivity contribution in [3.05, 3.63) is 41.5 Å². The molecule has 2 rings (SSSR count). The maximum Gasteiger partial charge on any atom is 0.303 e. The first kappa shape index (κ1) is 12.3. The number of carboxylic acids is 1. The van der Waals surface area contributed by atoms with E-state index in [1.54, 1.807) is 11.0 Å². The predicted molar refractivity (Wildman–Crippen MR) is 66.8 cm³/mol. The highest BCUT2D eigenvalue weighted by Crippen LogP contribution is 2.16. The van der Waals surface area contributed by atoms with Crippen molar-refractivity contribution in [1.82, 2.24) is 14.8 Å². The molecule has 0 fully saturated rings. The number of hydrogen-bond acceptors (Lipinski definition) is 3. The molecule has 18 heavy (non-hydrogen) atoms. The first-order chi connectivity index (χ1) is 8.56. The van der Waals surface area contributed by atoms with Crippen molar-refractivity contribution in [3.8, 4) is 5.69 Å². The lowest BCUT2D eigenvalue weighted by Crippen LogP contribution is -2.01. The topological polar surface area (TPSA) is 68.0 Å². The summed E-state index contributed by atoms with van der Waals surface area (Å²) >= 11 is 0. The zero-order valence-electron chi connectivity index (χ0n) is 10.4. The van der Waals surface area contributed by atoms with E-state index in [-0.39, 0.29) is 6.42 Å². The van der Waals surface area contributed by atoms with E-state index >= 15 is 0 Å². The second-order valence-electron chi connectivity index (χ2n) is 4.25. The average Bonchev–Trinajstić information content (AvgIpc) is 2.74. The highest BCUT2D eigenvalue weighted by molar-refractivity contribution is 5.67. The number of carbonyl (C=O) groups is 1. The second kappa shape index (κ2) is 5.00. The largest absolute Gasteiger partial charge is 0.481 e. The third-order valence-electron chi connectivity index (χ3n) is 2.75. The van der Waals surface area contributed by atoms with Gasteiger partial charge in [0.2, 0.25) is 0 Å². The first-order valence-electron chi connectivity index (χ1n) is 5.76. The lowest BCUT2D eigenvalue weighted by atomic mass is 10.1. The van der Waals surface area contributed by atoms with Crippen LogP contribution in [0.5, 0.6) is 0 Å². The normalized spacial score (nSPS) is 10.6. The van der Waals surface area contributed by atoms with Gasteiger partial charge in [-0.3, -0.25) is 4.79 Å². The van der Waals surface area contributed by atoms with Gasteiger partial charge in [0.05, 0.1) is 5.69 Å². The maximum atomic E-state index is 10.6. The number of hydrogen-bond donors (Lipinski definition) is 1. The molecule has 0 unspecified atom stereocenters. The minimum atomic E-state index is -0.784. The fourth-order valence-corrected chi connectivity index (χ4v) is 1.77. The molecule has 5 nitrogen and oxygen atoms in total. The summed E-state index contributed by atoms with van der Waals surface area (Å²) in [7, 11) is 0. The van der Waals surface area contributed by atoms with E-state index in [4.69, 9.17) is 5.11 Å². The molecule has 94 valence electrons. The van der Waals surface area contributed by atoms with E-state index in [2.05, 4.69) is 10.1 Å². The van der Waals surface area contributed by atoms with E-state index in [1.807, 2.05) is 32.0 Å². The zero-order valence-corrected chi connectivity index (χ0v) is 10.4. The molecule has 0 bridgehead atoms. The number of aryl methyl sites for hydroxylation is 3. The standard InChI is InChI=1S/C13H15N3O2/c1-9-3-4-11(5-6-13(17)18)7-12(9)16-8-14-10(2)15-16/h3-4,7-8H,5-6H2,1-2H3,(H,17,18). The quantitative estimate of drug-likeness (QED) is 0.893. The number of carboxylic acid groups (broad SMARTS) is 1. The molecule has 0 saturated carbocycles. The van der Waals surface area contributed by atoms with Gasteiger partial charge in [0.1, 0.15) is 12.2 Å². The Labute approximate surface area is 105 Å². The van der Waals surface area contributed by atoms with E-state index in [0.29, 0.717) is 12.2 Å². The van der Waals surface area contributed by atoms with Crippen molar-refractivity contribution in [1.29, 1.82) is 0 Å². The summed E-state index contributed by atoms with van der Waals surface area (Å²) in [5.41, 5.74) is 3.02. The van der Waals surface area contributed by atoms with Gasteiger partial charge in [-0.15, -0.1) is 0 Å². The Balaban J connectivity index is 2.29. The summed E-state index contributed by atoms with van der Waals surface area (Å²) in [5, 5.41) is 13.0. The Morgan fingerprint density at radius 2 is 2.17 bits per heavy atom. The third-order valence-corrected chi connectivity index (χ3v) is 2.75. The number of benzene rings is 1. The molecule has 1 aromatic heterocycles. The van der Waals surface area contributed by atoms with Gasteiger partial charge in [-0.2, -0.15) is 5.10 Å². The second-order valence-corrected chi connectivity index (χ2v) is 4.25. The van der Waals surface area contributed by atoms with Crippen LogP contribution in [0.15, 0.2) is 24.5 Å². The predicted octanol–water partition coefficient (Wildman–Crippen LogP) is 1.90. The summed E-state index contributed by atoms with van der Waals surface area (Å²) in [4.78, 5) is 14.7. The van der Waals surface area contributed by atoms with Gasteiger partial charge in [-0.25, -0.2) is 9.67 Å². The summed E-state index contributed by atoms with van der Waals surface area (Å²) in [6.45, 7) is 3.83. The molecule has 0 spiro atoms. The Bertz CT molecular complexity index is 575. The van der Waals surface area contributed by atoms with Gasteiger partial charge < -0.3 is 5.11 Å². The molecule has 0 aliphatic carbocycles. The van der Waals surface area contributed by atoms with Gasteiger partial charge in [-0.1, -0.05) is 12.1 Å². The molecule has 0 aliphatic rings. The van der Waals surface area contributed by atoms with Gasteiger partial charge in [0, 0.05) is 6.42 Å². The van der Waals surface area contributed by atoms with Crippen molar-refractivity contribution in [2.75, 3.05) is 0 Å². The molecule has 5 heteroatoms. The molecule has 0 radical (unpaired) electrons. The number of aromatic nitrogens is 3. The average molecular weight is 245 g/mol. The van der Waals surface area contributed by atoms with Gasteiger partial charge in [0.15, 0.2) is 0 Å². The molecule has 1 heterocycles. The van der Waals surface area contributed by atoms with Crippen LogP contribution < -0.4 is 0 Å². The summed E-state index contributed by atoms with van der Waals surface area (Å²) in [6, 6.07) is 5.89. The van der Waals surface area contributed by atoms with Gasteiger partial charge in [0.25, 0.3) is 0 Å². The van der Waals surface area contributed by atoms with Crippen molar-refractivity contribution in [3.63, 3.8) is 0 Å². The van der Waals surface area contributed by atoms with Crippen LogP contribution in [-0.2, 0) is 11.2 Å². The van der Waals surface area contributed by atoms with Crippen LogP contribution in [0, 0.1) is 13.8 Å². The number of aliphatic carboxylic acids is 1. The van der Waals surface area contributed by atoms with Crippen LogP contribution in [0.25, 0.3) is 5.69 Å². The highest BCUT2D eigenvalue weighted by atomic mass is 16.4. The number of rotatable bonds is 4. The minimum Gasteiger partial charge on any atom is -0.481 e. The molecular formula is C13H15N3O2.